The smallest absolute Gasteiger partial charge is 0.387 e. The van der Waals surface area contributed by atoms with E-state index in [9.17, 15) is 13.6 Å². The van der Waals surface area contributed by atoms with Crippen molar-refractivity contribution in [2.24, 2.45) is 0 Å². The highest BCUT2D eigenvalue weighted by Crippen LogP contribution is 2.31. The van der Waals surface area contributed by atoms with Crippen molar-refractivity contribution in [3.05, 3.63) is 71.5 Å². The zero-order valence-electron chi connectivity index (χ0n) is 18.6. The summed E-state index contributed by atoms with van der Waals surface area (Å²) in [6.45, 7) is 0.825. The molecular formula is C24H21F2N3O4S. The summed E-state index contributed by atoms with van der Waals surface area (Å²) in [4.78, 5) is 12.9. The maximum absolute atomic E-state index is 12.9. The minimum atomic E-state index is -2.88. The van der Waals surface area contributed by atoms with Gasteiger partial charge in [0.15, 0.2) is 5.78 Å². The molecule has 0 aliphatic heterocycles. The van der Waals surface area contributed by atoms with Gasteiger partial charge in [0.2, 0.25) is 0 Å². The molecule has 0 N–H and O–H groups in total. The zero-order valence-corrected chi connectivity index (χ0v) is 19.4. The van der Waals surface area contributed by atoms with Crippen LogP contribution < -0.4 is 9.47 Å². The summed E-state index contributed by atoms with van der Waals surface area (Å²) in [5.41, 5.74) is 3.55. The lowest BCUT2D eigenvalue weighted by Crippen LogP contribution is -2.06. The Balaban J connectivity index is 1.47. The molecule has 0 bridgehead atoms. The lowest BCUT2D eigenvalue weighted by molar-refractivity contribution is -0.0498. The second kappa shape index (κ2) is 10.1. The first-order chi connectivity index (χ1) is 16.4. The average Bonchev–Trinajstić information content (AvgIpc) is 3.42. The van der Waals surface area contributed by atoms with Crippen LogP contribution in [0.25, 0.3) is 17.1 Å². The van der Waals surface area contributed by atoms with E-state index in [4.69, 9.17) is 9.15 Å². The van der Waals surface area contributed by atoms with Crippen LogP contribution >= 0.6 is 11.8 Å². The molecule has 4 aromatic rings. The number of nitrogens with zero attached hydrogens (tertiary/aromatic N) is 3. The van der Waals surface area contributed by atoms with Crippen molar-refractivity contribution in [3.63, 3.8) is 0 Å². The molecule has 2 heterocycles. The molecule has 0 fully saturated rings. The molecule has 2 aromatic carbocycles. The minimum Gasteiger partial charge on any atom is -0.496 e. The Hall–Kier alpha value is -3.66. The number of carbonyl (C=O) groups is 1. The predicted octanol–water partition coefficient (Wildman–Crippen LogP) is 5.73. The maximum atomic E-state index is 12.9. The molecule has 0 spiro atoms. The monoisotopic (exact) mass is 485 g/mol. The summed E-state index contributed by atoms with van der Waals surface area (Å²) in [6, 6.07) is 15.4. The molecule has 0 radical (unpaired) electrons. The molecule has 7 nitrogen and oxygen atoms in total. The number of rotatable bonds is 9. The predicted molar refractivity (Wildman–Crippen MR) is 123 cm³/mol. The lowest BCUT2D eigenvalue weighted by atomic mass is 10.2. The van der Waals surface area contributed by atoms with E-state index < -0.39 is 6.61 Å². The average molecular weight is 486 g/mol. The number of methoxy groups -OCH3 is 1. The minimum absolute atomic E-state index is 0.0703. The Morgan fingerprint density at radius 2 is 1.85 bits per heavy atom. The first-order valence-electron chi connectivity index (χ1n) is 10.2. The number of thioether (sulfide) groups is 1. The van der Waals surface area contributed by atoms with Gasteiger partial charge >= 0.3 is 6.61 Å². The fourth-order valence-electron chi connectivity index (χ4n) is 3.62. The second-order valence-corrected chi connectivity index (χ2v) is 8.20. The highest BCUT2D eigenvalue weighted by molar-refractivity contribution is 7.99. The second-order valence-electron chi connectivity index (χ2n) is 7.28. The number of hydrogen-bond donors (Lipinski definition) is 0. The standard InChI is InChI=1S/C24H21F2N3O4S/c1-14-12-19(15(2)29(14)16-8-10-17(11-9-16)32-23(25)26)20(30)13-34-24-28-27-22(33-24)18-6-4-5-7-21(18)31-3/h4-12,23H,13H2,1-3H3. The van der Waals surface area contributed by atoms with Crippen molar-refractivity contribution in [1.29, 1.82) is 0 Å². The van der Waals surface area contributed by atoms with Crippen molar-refractivity contribution >= 4 is 17.5 Å². The molecule has 0 aliphatic carbocycles. The van der Waals surface area contributed by atoms with Gasteiger partial charge < -0.3 is 18.5 Å². The summed E-state index contributed by atoms with van der Waals surface area (Å²) in [7, 11) is 1.56. The molecule has 0 unspecified atom stereocenters. The fourth-order valence-corrected chi connectivity index (χ4v) is 4.27. The van der Waals surface area contributed by atoms with Crippen molar-refractivity contribution in [2.45, 2.75) is 25.7 Å². The number of ether oxygens (including phenoxy) is 2. The quantitative estimate of drug-likeness (QED) is 0.221. The first-order valence-corrected chi connectivity index (χ1v) is 11.2. The summed E-state index contributed by atoms with van der Waals surface area (Å²) in [6.07, 6.45) is 0. The zero-order chi connectivity index (χ0) is 24.2. The van der Waals surface area contributed by atoms with Gasteiger partial charge in [-0.3, -0.25) is 4.79 Å². The number of benzene rings is 2. The molecule has 0 saturated carbocycles. The summed E-state index contributed by atoms with van der Waals surface area (Å²) < 4.78 is 42.1. The summed E-state index contributed by atoms with van der Waals surface area (Å²) in [5, 5.41) is 8.35. The van der Waals surface area contributed by atoms with E-state index >= 15 is 0 Å². The van der Waals surface area contributed by atoms with E-state index in [1.807, 2.05) is 36.6 Å². The number of carbonyl (C=O) groups excluding carboxylic acids is 1. The van der Waals surface area contributed by atoms with E-state index in [1.54, 1.807) is 31.4 Å². The fraction of sp³-hybridized carbons (Fsp3) is 0.208. The molecule has 0 aliphatic rings. The van der Waals surface area contributed by atoms with Crippen molar-refractivity contribution in [1.82, 2.24) is 14.8 Å². The van der Waals surface area contributed by atoms with E-state index in [0.29, 0.717) is 22.8 Å². The molecule has 34 heavy (non-hydrogen) atoms. The number of para-hydroxylation sites is 1. The largest absolute Gasteiger partial charge is 0.496 e. The molecular weight excluding hydrogens is 464 g/mol. The Kier molecular flexibility index (Phi) is 6.97. The molecule has 4 rings (SSSR count). The van der Waals surface area contributed by atoms with Crippen LogP contribution in [0.5, 0.6) is 11.5 Å². The van der Waals surface area contributed by atoms with Crippen molar-refractivity contribution < 1.29 is 27.5 Å². The van der Waals surface area contributed by atoms with E-state index in [-0.39, 0.29) is 22.5 Å². The van der Waals surface area contributed by atoms with Gasteiger partial charge in [0.25, 0.3) is 11.1 Å². The number of ketones is 1. The Bertz CT molecular complexity index is 1300. The number of Topliss-reactive ketones (excluding diaryl/α,β-unsaturated/α-hetero) is 1. The number of aromatic nitrogens is 3. The van der Waals surface area contributed by atoms with Gasteiger partial charge in [0.05, 0.1) is 18.4 Å². The van der Waals surface area contributed by atoms with Crippen LogP contribution in [-0.2, 0) is 0 Å². The van der Waals surface area contributed by atoms with Crippen molar-refractivity contribution in [3.8, 4) is 28.6 Å². The number of hydrogen-bond acceptors (Lipinski definition) is 7. The SMILES string of the molecule is COc1ccccc1-c1nnc(SCC(=O)c2cc(C)n(-c3ccc(OC(F)F)cc3)c2C)o1. The molecule has 10 heteroatoms. The van der Waals surface area contributed by atoms with E-state index in [0.717, 1.165) is 28.8 Å². The van der Waals surface area contributed by atoms with Crippen LogP contribution in [-0.4, -0.2) is 40.0 Å². The topological polar surface area (TPSA) is 79.4 Å². The van der Waals surface area contributed by atoms with Gasteiger partial charge in [-0.2, -0.15) is 8.78 Å². The normalized spacial score (nSPS) is 11.1. The van der Waals surface area contributed by atoms with Gasteiger partial charge in [0, 0.05) is 22.6 Å². The maximum Gasteiger partial charge on any atom is 0.387 e. The third kappa shape index (κ3) is 4.96. The van der Waals surface area contributed by atoms with Crippen LogP contribution in [0.3, 0.4) is 0 Å². The lowest BCUT2D eigenvalue weighted by Gasteiger charge is -2.11. The van der Waals surface area contributed by atoms with Gasteiger partial charge in [-0.05, 0) is 56.3 Å². The molecule has 0 amide bonds. The first kappa shape index (κ1) is 23.5. The number of alkyl halides is 2. The highest BCUT2D eigenvalue weighted by Gasteiger charge is 2.19. The van der Waals surface area contributed by atoms with Crippen LogP contribution in [0, 0.1) is 13.8 Å². The highest BCUT2D eigenvalue weighted by atomic mass is 32.2. The third-order valence-electron chi connectivity index (χ3n) is 5.12. The van der Waals surface area contributed by atoms with Gasteiger partial charge in [0.1, 0.15) is 11.5 Å². The Labute approximate surface area is 198 Å². The van der Waals surface area contributed by atoms with E-state index in [1.165, 1.54) is 12.1 Å². The van der Waals surface area contributed by atoms with E-state index in [2.05, 4.69) is 14.9 Å². The summed E-state index contributed by atoms with van der Waals surface area (Å²) in [5.74, 6) is 1.00. The van der Waals surface area contributed by atoms with Crippen LogP contribution in [0.4, 0.5) is 8.78 Å². The van der Waals surface area contributed by atoms with Gasteiger partial charge in [-0.1, -0.05) is 23.9 Å². The Morgan fingerprint density at radius 3 is 2.56 bits per heavy atom. The van der Waals surface area contributed by atoms with Crippen LogP contribution in [0.15, 0.2) is 64.2 Å². The van der Waals surface area contributed by atoms with Gasteiger partial charge in [-0.25, -0.2) is 0 Å². The molecule has 0 saturated heterocycles. The number of aryl methyl sites for hydroxylation is 1. The summed E-state index contributed by atoms with van der Waals surface area (Å²) >= 11 is 1.15. The van der Waals surface area contributed by atoms with Crippen LogP contribution in [0.1, 0.15) is 21.7 Å². The Morgan fingerprint density at radius 1 is 1.12 bits per heavy atom. The molecule has 176 valence electrons. The van der Waals surface area contributed by atoms with Crippen molar-refractivity contribution in [2.75, 3.05) is 12.9 Å². The molecule has 2 aromatic heterocycles. The van der Waals surface area contributed by atoms with Gasteiger partial charge in [-0.15, -0.1) is 10.2 Å². The number of halogens is 2. The molecule has 0 atom stereocenters. The third-order valence-corrected chi connectivity index (χ3v) is 5.94. The van der Waals surface area contributed by atoms with Crippen LogP contribution in [0.2, 0.25) is 0 Å².